The Balaban J connectivity index is 1.36. The number of aromatic nitrogens is 3. The topological polar surface area (TPSA) is 196 Å². The van der Waals surface area contributed by atoms with Gasteiger partial charge in [0.25, 0.3) is 5.91 Å². The van der Waals surface area contributed by atoms with Gasteiger partial charge in [0.05, 0.1) is 34.5 Å². The van der Waals surface area contributed by atoms with Crippen molar-refractivity contribution < 1.29 is 37.0 Å². The number of aromatic carboxylic acids is 1. The number of nitrogens with two attached hydrogens (primary N) is 1. The molecule has 17 heteroatoms. The molecule has 2 aromatic carbocycles. The lowest BCUT2D eigenvalue weighted by atomic mass is 10.0. The van der Waals surface area contributed by atoms with Crippen LogP contribution in [0.15, 0.2) is 53.6 Å². The molecular weight excluding hydrogens is 647 g/mol. The molecule has 4 aromatic rings. The molecule has 48 heavy (non-hydrogen) atoms. The number of ether oxygens (including phenoxy) is 1. The zero-order valence-corrected chi connectivity index (χ0v) is 26.9. The van der Waals surface area contributed by atoms with Crippen LogP contribution in [0.3, 0.4) is 0 Å². The second kappa shape index (κ2) is 12.7. The molecule has 2 aliphatic heterocycles. The summed E-state index contributed by atoms with van der Waals surface area (Å²) in [6.45, 7) is 2.47. The van der Waals surface area contributed by atoms with Gasteiger partial charge in [0, 0.05) is 75.3 Å². The highest BCUT2D eigenvalue weighted by Gasteiger charge is 2.33. The molecule has 5 N–H and O–H groups in total. The summed E-state index contributed by atoms with van der Waals surface area (Å²) in [6, 6.07) is 9.09. The van der Waals surface area contributed by atoms with E-state index in [1.807, 2.05) is 11.9 Å². The van der Waals surface area contributed by atoms with E-state index in [-0.39, 0.29) is 52.8 Å². The number of carboxylic acids is 1. The number of benzene rings is 2. The highest BCUT2D eigenvalue weighted by atomic mass is 32.2. The van der Waals surface area contributed by atoms with Crippen molar-refractivity contribution in [3.63, 3.8) is 0 Å². The smallest absolute Gasteiger partial charge is 0.352 e. The van der Waals surface area contributed by atoms with Gasteiger partial charge in [-0.1, -0.05) is 0 Å². The Labute approximate surface area is 274 Å². The summed E-state index contributed by atoms with van der Waals surface area (Å²) in [5.41, 5.74) is 7.35. The number of rotatable bonds is 9. The summed E-state index contributed by atoms with van der Waals surface area (Å²) < 4.78 is 48.8. The van der Waals surface area contributed by atoms with Crippen molar-refractivity contribution in [3.05, 3.63) is 82.6 Å². The highest BCUT2D eigenvalue weighted by Crippen LogP contribution is 2.33. The molecule has 6 rings (SSSR count). The summed E-state index contributed by atoms with van der Waals surface area (Å²) in [5, 5.41) is 19.6. The number of halogens is 1. The van der Waals surface area contributed by atoms with E-state index in [9.17, 15) is 32.3 Å². The van der Waals surface area contributed by atoms with Crippen molar-refractivity contribution in [2.45, 2.75) is 17.9 Å². The Morgan fingerprint density at radius 3 is 2.46 bits per heavy atom. The standard InChI is InChI=1S/C31H33FN8O7S/c1-37-8-10-38(11-9-37)26-15-21(28(33)41)22(16-27(26)40-6-3-4-25(40)31(43)44)30(42)34-29-23-17-39(7-5-24(23)35-36-29)48(45,46)20-13-18(32)12-19(14-20)47-2/h3-4,6,12-16H,5,7-11,17H2,1-2H3,(H2,33,41)(H,43,44)(H2,34,35,36,42). The zero-order valence-electron chi connectivity index (χ0n) is 26.1. The van der Waals surface area contributed by atoms with Crippen molar-refractivity contribution in [2.24, 2.45) is 5.73 Å². The number of anilines is 2. The average molecular weight is 681 g/mol. The van der Waals surface area contributed by atoms with E-state index in [1.165, 1.54) is 35.9 Å². The van der Waals surface area contributed by atoms with Gasteiger partial charge < -0.3 is 35.3 Å². The number of nitrogens with one attached hydrogen (secondary N) is 2. The van der Waals surface area contributed by atoms with Crippen LogP contribution in [-0.4, -0.2) is 102 Å². The quantitative estimate of drug-likeness (QED) is 0.203. The van der Waals surface area contributed by atoms with Crippen molar-refractivity contribution in [1.29, 1.82) is 0 Å². The number of aromatic amines is 1. The number of methoxy groups -OCH3 is 1. The van der Waals surface area contributed by atoms with Crippen molar-refractivity contribution in [2.75, 3.05) is 57.1 Å². The fourth-order valence-corrected chi connectivity index (χ4v) is 7.39. The lowest BCUT2D eigenvalue weighted by Crippen LogP contribution is -2.45. The number of sulfonamides is 1. The van der Waals surface area contributed by atoms with Crippen LogP contribution < -0.4 is 20.7 Å². The minimum absolute atomic E-state index is 0.0269. The maximum Gasteiger partial charge on any atom is 0.352 e. The summed E-state index contributed by atoms with van der Waals surface area (Å²) in [5.74, 6) is -3.54. The van der Waals surface area contributed by atoms with Gasteiger partial charge in [-0.3, -0.25) is 14.7 Å². The molecule has 0 unspecified atom stereocenters. The Bertz CT molecular complexity index is 2040. The van der Waals surface area contributed by atoms with Crippen LogP contribution in [0.5, 0.6) is 5.75 Å². The van der Waals surface area contributed by atoms with Crippen molar-refractivity contribution in [1.82, 2.24) is 24.0 Å². The summed E-state index contributed by atoms with van der Waals surface area (Å²) >= 11 is 0. The molecule has 0 atom stereocenters. The number of likely N-dealkylation sites (N-methyl/N-ethyl adjacent to an activating group) is 1. The van der Waals surface area contributed by atoms with E-state index in [0.717, 1.165) is 29.5 Å². The lowest BCUT2D eigenvalue weighted by molar-refractivity contribution is 0.0687. The molecule has 0 spiro atoms. The van der Waals surface area contributed by atoms with Crippen molar-refractivity contribution in [3.8, 4) is 11.4 Å². The van der Waals surface area contributed by atoms with Gasteiger partial charge in [0.2, 0.25) is 15.9 Å². The molecule has 252 valence electrons. The molecule has 2 aromatic heterocycles. The number of carbonyl (C=O) groups excluding carboxylic acids is 2. The molecule has 4 heterocycles. The minimum Gasteiger partial charge on any atom is -0.497 e. The SMILES string of the molecule is COc1cc(F)cc(S(=O)(=O)N2CCc3[nH]nc(NC(=O)c4cc(-n5cccc5C(=O)O)c(N5CCN(C)CC5)cc4C(N)=O)c3C2)c1. The third-order valence-electron chi connectivity index (χ3n) is 8.54. The third kappa shape index (κ3) is 6.10. The predicted molar refractivity (Wildman–Crippen MR) is 172 cm³/mol. The molecule has 15 nitrogen and oxygen atoms in total. The van der Waals surface area contributed by atoms with Gasteiger partial charge in [-0.15, -0.1) is 0 Å². The number of nitrogens with zero attached hydrogens (tertiary/aromatic N) is 5. The van der Waals surface area contributed by atoms with Crippen LogP contribution in [0, 0.1) is 5.82 Å². The number of primary amides is 1. The van der Waals surface area contributed by atoms with Gasteiger partial charge in [-0.25, -0.2) is 17.6 Å². The van der Waals surface area contributed by atoms with Crippen LogP contribution in [0.1, 0.15) is 42.5 Å². The van der Waals surface area contributed by atoms with Gasteiger partial charge in [-0.05, 0) is 37.4 Å². The number of carbonyl (C=O) groups is 3. The monoisotopic (exact) mass is 680 g/mol. The molecule has 0 radical (unpaired) electrons. The number of H-pyrrole nitrogens is 1. The van der Waals surface area contributed by atoms with Crippen LogP contribution in [0.2, 0.25) is 0 Å². The number of carboxylic acid groups (broad SMARTS) is 1. The Kier molecular flexibility index (Phi) is 8.67. The molecule has 1 fully saturated rings. The Morgan fingerprint density at radius 1 is 1.04 bits per heavy atom. The number of hydrogen-bond acceptors (Lipinski definition) is 9. The highest BCUT2D eigenvalue weighted by molar-refractivity contribution is 7.89. The first-order valence-corrected chi connectivity index (χ1v) is 16.4. The Morgan fingerprint density at radius 2 is 1.77 bits per heavy atom. The summed E-state index contributed by atoms with van der Waals surface area (Å²) in [7, 11) is -0.892. The molecule has 0 aliphatic carbocycles. The fraction of sp³-hybridized carbons (Fsp3) is 0.290. The van der Waals surface area contributed by atoms with E-state index in [1.54, 1.807) is 12.3 Å². The number of piperazine rings is 1. The third-order valence-corrected chi connectivity index (χ3v) is 10.4. The summed E-state index contributed by atoms with van der Waals surface area (Å²) in [6.07, 6.45) is 1.78. The van der Waals surface area contributed by atoms with E-state index < -0.39 is 33.6 Å². The minimum atomic E-state index is -4.17. The average Bonchev–Trinajstić information content (AvgIpc) is 3.72. The molecule has 0 saturated carbocycles. The maximum absolute atomic E-state index is 14.2. The normalized spacial score (nSPS) is 15.6. The molecule has 1 saturated heterocycles. The summed E-state index contributed by atoms with van der Waals surface area (Å²) in [4.78, 5) is 42.6. The first-order valence-electron chi connectivity index (χ1n) is 14.9. The van der Waals surface area contributed by atoms with Gasteiger partial charge in [0.1, 0.15) is 17.3 Å². The van der Waals surface area contributed by atoms with E-state index >= 15 is 0 Å². The van der Waals surface area contributed by atoms with E-state index in [2.05, 4.69) is 20.4 Å². The zero-order chi connectivity index (χ0) is 34.3. The lowest BCUT2D eigenvalue weighted by Gasteiger charge is -2.35. The van der Waals surface area contributed by atoms with Crippen LogP contribution in [0.4, 0.5) is 15.9 Å². The molecular formula is C31H33FN8O7S. The van der Waals surface area contributed by atoms with Crippen LogP contribution in [0.25, 0.3) is 5.69 Å². The first kappa shape index (κ1) is 32.7. The maximum atomic E-state index is 14.2. The van der Waals surface area contributed by atoms with Crippen LogP contribution >= 0.6 is 0 Å². The second-order valence-electron chi connectivity index (χ2n) is 11.5. The first-order chi connectivity index (χ1) is 22.9. The van der Waals surface area contributed by atoms with Gasteiger partial charge in [0.15, 0.2) is 5.82 Å². The number of fused-ring (bicyclic) bond motifs is 1. The van der Waals surface area contributed by atoms with E-state index in [4.69, 9.17) is 10.5 Å². The molecule has 2 amide bonds. The van der Waals surface area contributed by atoms with Gasteiger partial charge in [-0.2, -0.15) is 9.40 Å². The van der Waals surface area contributed by atoms with Crippen molar-refractivity contribution >= 4 is 39.3 Å². The predicted octanol–water partition coefficient (Wildman–Crippen LogP) is 1.90. The van der Waals surface area contributed by atoms with Gasteiger partial charge >= 0.3 is 5.97 Å². The largest absolute Gasteiger partial charge is 0.497 e. The van der Waals surface area contributed by atoms with Crippen LogP contribution in [-0.2, 0) is 23.0 Å². The number of amides is 2. The molecule has 0 bridgehead atoms. The number of hydrogen-bond donors (Lipinski definition) is 4. The molecule has 2 aliphatic rings. The second-order valence-corrected chi connectivity index (χ2v) is 13.4. The van der Waals surface area contributed by atoms with E-state index in [0.29, 0.717) is 35.7 Å². The Hall–Kier alpha value is -5.26. The fourth-order valence-electron chi connectivity index (χ4n) is 5.93.